The molecule has 56 heavy (non-hydrogen) atoms. The first kappa shape index (κ1) is 42.5. The van der Waals surface area contributed by atoms with Gasteiger partial charge < -0.3 is 28.9 Å². The number of rotatable bonds is 26. The van der Waals surface area contributed by atoms with Crippen LogP contribution in [-0.4, -0.2) is 37.1 Å². The zero-order valence-electron chi connectivity index (χ0n) is 33.2. The van der Waals surface area contributed by atoms with Gasteiger partial charge in [-0.25, -0.2) is 9.59 Å². The third-order valence-corrected chi connectivity index (χ3v) is 10.8. The second-order valence-electron chi connectivity index (χ2n) is 15.4. The molecular weight excluding hydrogens is 709 g/mol. The summed E-state index contributed by atoms with van der Waals surface area (Å²) in [6.07, 6.45) is 22.6. The zero-order valence-corrected chi connectivity index (χ0v) is 33.2. The number of fused-ring (bicyclic) bond motifs is 2. The van der Waals surface area contributed by atoms with Gasteiger partial charge in [-0.05, 0) is 74.9 Å². The van der Waals surface area contributed by atoms with Gasteiger partial charge in [0.15, 0.2) is 0 Å². The minimum absolute atomic E-state index is 0.0339. The second kappa shape index (κ2) is 24.1. The van der Waals surface area contributed by atoms with Crippen LogP contribution in [0.15, 0.2) is 79.1 Å². The van der Waals surface area contributed by atoms with E-state index in [0.717, 1.165) is 112 Å². The Morgan fingerprint density at radius 1 is 0.500 bits per heavy atom. The molecule has 304 valence electrons. The summed E-state index contributed by atoms with van der Waals surface area (Å²) in [5.74, 6) is 1.66. The van der Waals surface area contributed by atoms with E-state index in [9.17, 15) is 19.2 Å². The van der Waals surface area contributed by atoms with Crippen LogP contribution in [0, 0.1) is 0 Å². The van der Waals surface area contributed by atoms with Crippen molar-refractivity contribution in [2.24, 2.45) is 0 Å². The Hall–Kier alpha value is -4.60. The van der Waals surface area contributed by atoms with Crippen LogP contribution in [0.1, 0.15) is 141 Å². The summed E-state index contributed by atoms with van der Waals surface area (Å²) in [7, 11) is 0. The fraction of sp³-hybridized carbons (Fsp3) is 0.565. The predicted octanol–water partition coefficient (Wildman–Crippen LogP) is 9.92. The van der Waals surface area contributed by atoms with Crippen molar-refractivity contribution in [2.75, 3.05) is 13.2 Å². The molecule has 1 saturated carbocycles. The molecule has 1 aliphatic carbocycles. The number of carbonyl (C=O) groups is 2. The first-order valence-corrected chi connectivity index (χ1v) is 21.4. The van der Waals surface area contributed by atoms with E-state index in [2.05, 4.69) is 10.6 Å². The Bertz CT molecular complexity index is 1760. The van der Waals surface area contributed by atoms with E-state index in [4.69, 9.17) is 18.3 Å². The van der Waals surface area contributed by atoms with E-state index in [1.807, 2.05) is 24.3 Å². The molecule has 10 heteroatoms. The van der Waals surface area contributed by atoms with Crippen LogP contribution in [0.3, 0.4) is 0 Å². The SMILES string of the molecule is O=C(CCCCCCCCCCOc1ccc2ccc(=O)oc2c1)N[C@@H]1CCCC[C@H]1NC(=O)CCCCCCCCCCOc1ccc2ccc(=O)oc2c1. The van der Waals surface area contributed by atoms with Crippen molar-refractivity contribution in [3.63, 3.8) is 0 Å². The highest BCUT2D eigenvalue weighted by atomic mass is 16.5. The molecule has 0 aliphatic heterocycles. The van der Waals surface area contributed by atoms with E-state index in [1.54, 1.807) is 24.3 Å². The maximum atomic E-state index is 12.8. The molecule has 0 spiro atoms. The quantitative estimate of drug-likeness (QED) is 0.0476. The standard InChI is InChI=1S/C46H62N2O8/c49-43(21-13-9-5-1-3-7-11-17-31-53-37-27-23-35-25-29-45(51)55-41(35)33-37)47-39-19-15-16-20-40(39)48-44(50)22-14-10-6-2-4-8-12-18-32-54-38-28-24-36-26-30-46(52)56-42(36)34-38/h23-30,33-34,39-40H,1-22,31-32H2,(H,47,49)(H,48,50)/t39-,40-/m1/s1. The highest BCUT2D eigenvalue weighted by Crippen LogP contribution is 2.22. The first-order valence-electron chi connectivity index (χ1n) is 21.4. The summed E-state index contributed by atoms with van der Waals surface area (Å²) in [5, 5.41) is 8.26. The predicted molar refractivity (Wildman–Crippen MR) is 221 cm³/mol. The molecule has 0 saturated heterocycles. The molecular formula is C46H62N2O8. The van der Waals surface area contributed by atoms with Crippen molar-refractivity contribution in [1.29, 1.82) is 0 Å². The largest absolute Gasteiger partial charge is 0.493 e. The lowest BCUT2D eigenvalue weighted by molar-refractivity contribution is -0.125. The normalized spacial score (nSPS) is 15.5. The maximum Gasteiger partial charge on any atom is 0.336 e. The van der Waals surface area contributed by atoms with Crippen molar-refractivity contribution in [2.45, 2.75) is 153 Å². The van der Waals surface area contributed by atoms with Crippen LogP contribution in [0.25, 0.3) is 21.9 Å². The van der Waals surface area contributed by atoms with Gasteiger partial charge in [-0.3, -0.25) is 9.59 Å². The number of benzene rings is 2. The van der Waals surface area contributed by atoms with Crippen LogP contribution in [0.4, 0.5) is 0 Å². The van der Waals surface area contributed by atoms with Crippen molar-refractivity contribution in [3.05, 3.63) is 81.5 Å². The summed E-state index contributed by atoms with van der Waals surface area (Å²) in [6, 6.07) is 17.6. The Morgan fingerprint density at radius 2 is 0.857 bits per heavy atom. The minimum Gasteiger partial charge on any atom is -0.493 e. The van der Waals surface area contributed by atoms with Crippen molar-refractivity contribution >= 4 is 33.8 Å². The van der Waals surface area contributed by atoms with Crippen LogP contribution >= 0.6 is 0 Å². The average Bonchev–Trinajstić information content (AvgIpc) is 3.19. The molecule has 2 atom stereocenters. The van der Waals surface area contributed by atoms with Gasteiger partial charge in [0, 0.05) is 60.0 Å². The lowest BCUT2D eigenvalue weighted by Crippen LogP contribution is -2.53. The van der Waals surface area contributed by atoms with Crippen molar-refractivity contribution in [1.82, 2.24) is 10.6 Å². The van der Waals surface area contributed by atoms with Crippen molar-refractivity contribution < 1.29 is 27.9 Å². The zero-order chi connectivity index (χ0) is 39.2. The summed E-state index contributed by atoms with van der Waals surface area (Å²) >= 11 is 0. The van der Waals surface area contributed by atoms with Gasteiger partial charge in [-0.1, -0.05) is 89.9 Å². The van der Waals surface area contributed by atoms with E-state index < -0.39 is 0 Å². The Kier molecular flexibility index (Phi) is 18.3. The first-order chi connectivity index (χ1) is 27.4. The molecule has 10 nitrogen and oxygen atoms in total. The summed E-state index contributed by atoms with van der Waals surface area (Å²) in [4.78, 5) is 48.4. The van der Waals surface area contributed by atoms with Gasteiger partial charge in [0.2, 0.25) is 11.8 Å². The molecule has 0 radical (unpaired) electrons. The van der Waals surface area contributed by atoms with E-state index in [0.29, 0.717) is 37.2 Å². The van der Waals surface area contributed by atoms with Crippen LogP contribution in [0.5, 0.6) is 11.5 Å². The molecule has 2 aromatic heterocycles. The second-order valence-corrected chi connectivity index (χ2v) is 15.4. The number of nitrogens with one attached hydrogen (secondary N) is 2. The molecule has 0 bridgehead atoms. The van der Waals surface area contributed by atoms with Crippen molar-refractivity contribution in [3.8, 4) is 11.5 Å². The maximum absolute atomic E-state index is 12.8. The lowest BCUT2D eigenvalue weighted by Gasteiger charge is -2.33. The number of carbonyl (C=O) groups excluding carboxylic acids is 2. The highest BCUT2D eigenvalue weighted by Gasteiger charge is 2.27. The molecule has 1 fully saturated rings. The van der Waals surface area contributed by atoms with Gasteiger partial charge >= 0.3 is 11.3 Å². The fourth-order valence-electron chi connectivity index (χ4n) is 7.57. The highest BCUT2D eigenvalue weighted by molar-refractivity contribution is 5.79. The summed E-state index contributed by atoms with van der Waals surface area (Å²) < 4.78 is 22.1. The molecule has 5 rings (SSSR count). The summed E-state index contributed by atoms with van der Waals surface area (Å²) in [5.41, 5.74) is 0.378. The smallest absolute Gasteiger partial charge is 0.336 e. The Labute approximate surface area is 331 Å². The minimum atomic E-state index is -0.357. The van der Waals surface area contributed by atoms with E-state index in [-0.39, 0.29) is 35.1 Å². The average molecular weight is 771 g/mol. The van der Waals surface area contributed by atoms with Crippen LogP contribution in [-0.2, 0) is 9.59 Å². The molecule has 2 amide bonds. The monoisotopic (exact) mass is 770 g/mol. The number of unbranched alkanes of at least 4 members (excludes halogenated alkanes) is 14. The van der Waals surface area contributed by atoms with Gasteiger partial charge in [0.05, 0.1) is 13.2 Å². The van der Waals surface area contributed by atoms with Crippen LogP contribution in [0.2, 0.25) is 0 Å². The Morgan fingerprint density at radius 3 is 1.27 bits per heavy atom. The molecule has 2 N–H and O–H groups in total. The third-order valence-electron chi connectivity index (χ3n) is 10.8. The lowest BCUT2D eigenvalue weighted by atomic mass is 9.90. The van der Waals surface area contributed by atoms with Gasteiger partial charge in [-0.2, -0.15) is 0 Å². The summed E-state index contributed by atoms with van der Waals surface area (Å²) in [6.45, 7) is 1.29. The number of hydrogen-bond donors (Lipinski definition) is 2. The molecule has 0 unspecified atom stereocenters. The van der Waals surface area contributed by atoms with Gasteiger partial charge in [0.1, 0.15) is 22.7 Å². The number of amides is 2. The molecule has 4 aromatic rings. The molecule has 2 heterocycles. The topological polar surface area (TPSA) is 137 Å². The van der Waals surface area contributed by atoms with E-state index >= 15 is 0 Å². The fourth-order valence-corrected chi connectivity index (χ4v) is 7.57. The van der Waals surface area contributed by atoms with E-state index in [1.165, 1.54) is 50.7 Å². The Balaban J connectivity index is 0.807. The molecule has 1 aliphatic rings. The molecule has 2 aromatic carbocycles. The van der Waals surface area contributed by atoms with Gasteiger partial charge in [0.25, 0.3) is 0 Å². The van der Waals surface area contributed by atoms with Crippen LogP contribution < -0.4 is 31.4 Å². The number of hydrogen-bond acceptors (Lipinski definition) is 8. The number of ether oxygens (including phenoxy) is 2. The van der Waals surface area contributed by atoms with Gasteiger partial charge in [-0.15, -0.1) is 0 Å². The third kappa shape index (κ3) is 15.5.